The van der Waals surface area contributed by atoms with Gasteiger partial charge in [-0.1, -0.05) is 86.6 Å². The Kier molecular flexibility index (Phi) is 6.70. The third-order valence-electron chi connectivity index (χ3n) is 7.32. The molecular weight excluding hydrogens is 460 g/mol. The normalized spacial score (nSPS) is 17.4. The number of rotatable bonds is 7. The number of methoxy groups -OCH3 is 1. The number of hydrogen-bond acceptors (Lipinski definition) is 5. The van der Waals surface area contributed by atoms with Crippen molar-refractivity contribution in [2.45, 2.75) is 32.7 Å². The van der Waals surface area contributed by atoms with Crippen LogP contribution in [-0.2, 0) is 9.53 Å². The Morgan fingerprint density at radius 1 is 0.919 bits per heavy atom. The van der Waals surface area contributed by atoms with Gasteiger partial charge in [-0.3, -0.25) is 9.80 Å². The van der Waals surface area contributed by atoms with Crippen LogP contribution in [0.5, 0.6) is 5.75 Å². The zero-order valence-electron chi connectivity index (χ0n) is 21.7. The van der Waals surface area contributed by atoms with Gasteiger partial charge in [-0.15, -0.1) is 0 Å². The summed E-state index contributed by atoms with van der Waals surface area (Å²) in [6, 6.07) is 32.1. The maximum absolute atomic E-state index is 13.2. The van der Waals surface area contributed by atoms with E-state index in [0.29, 0.717) is 0 Å². The highest BCUT2D eigenvalue weighted by atomic mass is 16.5. The van der Waals surface area contributed by atoms with E-state index in [-0.39, 0.29) is 24.0 Å². The fraction of sp³-hybridized carbons (Fsp3) is 0.250. The van der Waals surface area contributed by atoms with Gasteiger partial charge in [0.2, 0.25) is 0 Å². The second-order valence-electron chi connectivity index (χ2n) is 10.1. The molecule has 0 saturated heterocycles. The number of hydrazone groups is 1. The molecule has 5 heteroatoms. The molecule has 4 aromatic carbocycles. The first-order valence-corrected chi connectivity index (χ1v) is 12.6. The van der Waals surface area contributed by atoms with E-state index in [1.54, 1.807) is 7.11 Å². The lowest BCUT2D eigenvalue weighted by atomic mass is 9.78. The molecule has 0 radical (unpaired) electrons. The number of carbonyl (C=O) groups excluding carboxylic acids is 1. The summed E-state index contributed by atoms with van der Waals surface area (Å²) in [5, 5.41) is 9.18. The first-order valence-electron chi connectivity index (χ1n) is 12.6. The van der Waals surface area contributed by atoms with Gasteiger partial charge in [-0.25, -0.2) is 0 Å². The number of nitrogens with zero attached hydrogens (tertiary/aromatic N) is 2. The van der Waals surface area contributed by atoms with Crippen LogP contribution in [0.4, 0.5) is 5.69 Å². The van der Waals surface area contributed by atoms with Gasteiger partial charge in [0.15, 0.2) is 0 Å². The molecule has 4 aromatic rings. The van der Waals surface area contributed by atoms with Crippen LogP contribution in [0.2, 0.25) is 0 Å². The van der Waals surface area contributed by atoms with Gasteiger partial charge in [0, 0.05) is 5.41 Å². The highest BCUT2D eigenvalue weighted by Crippen LogP contribution is 2.39. The van der Waals surface area contributed by atoms with Crippen molar-refractivity contribution in [1.82, 2.24) is 0 Å². The van der Waals surface area contributed by atoms with Crippen molar-refractivity contribution < 1.29 is 14.3 Å². The third-order valence-corrected chi connectivity index (χ3v) is 7.32. The molecule has 0 N–H and O–H groups in total. The Morgan fingerprint density at radius 3 is 2.27 bits per heavy atom. The molecule has 1 heterocycles. The number of ether oxygens (including phenoxy) is 2. The molecule has 0 bridgehead atoms. The molecule has 5 nitrogen and oxygen atoms in total. The van der Waals surface area contributed by atoms with Gasteiger partial charge >= 0.3 is 5.97 Å². The number of fused-ring (bicyclic) bond motifs is 1. The number of esters is 1. The molecule has 5 rings (SSSR count). The summed E-state index contributed by atoms with van der Waals surface area (Å²) < 4.78 is 11.3. The topological polar surface area (TPSA) is 51.1 Å². The van der Waals surface area contributed by atoms with E-state index >= 15 is 0 Å². The Bertz CT molecular complexity index is 1430. The lowest BCUT2D eigenvalue weighted by Crippen LogP contribution is -2.44. The van der Waals surface area contributed by atoms with Crippen LogP contribution in [0.15, 0.2) is 102 Å². The van der Waals surface area contributed by atoms with E-state index in [2.05, 4.69) is 26.0 Å². The highest BCUT2D eigenvalue weighted by molar-refractivity contribution is 6.07. The molecule has 0 fully saturated rings. The van der Waals surface area contributed by atoms with E-state index < -0.39 is 5.92 Å². The predicted octanol–water partition coefficient (Wildman–Crippen LogP) is 6.81. The molecule has 1 aliphatic rings. The van der Waals surface area contributed by atoms with Crippen molar-refractivity contribution in [3.05, 3.63) is 108 Å². The van der Waals surface area contributed by atoms with Crippen LogP contribution in [0.1, 0.15) is 37.8 Å². The average molecular weight is 493 g/mol. The highest BCUT2D eigenvalue weighted by Gasteiger charge is 2.46. The van der Waals surface area contributed by atoms with Gasteiger partial charge < -0.3 is 9.47 Å². The van der Waals surface area contributed by atoms with Crippen molar-refractivity contribution >= 4 is 28.1 Å². The smallest absolute Gasteiger partial charge is 0.313 e. The van der Waals surface area contributed by atoms with E-state index in [0.717, 1.165) is 39.0 Å². The second-order valence-corrected chi connectivity index (χ2v) is 10.1. The minimum absolute atomic E-state index is 0.148. The number of hydrogen-bond donors (Lipinski definition) is 0. The van der Waals surface area contributed by atoms with E-state index in [4.69, 9.17) is 14.6 Å². The van der Waals surface area contributed by atoms with Gasteiger partial charge in [0.1, 0.15) is 12.4 Å². The molecule has 0 aromatic heterocycles. The molecule has 1 aliphatic heterocycles. The first kappa shape index (κ1) is 24.6. The maximum Gasteiger partial charge on any atom is 0.313 e. The lowest BCUT2D eigenvalue weighted by Gasteiger charge is -2.33. The molecule has 0 saturated carbocycles. The van der Waals surface area contributed by atoms with Crippen LogP contribution in [0, 0.1) is 5.41 Å². The third kappa shape index (κ3) is 4.82. The molecule has 0 amide bonds. The molecule has 0 spiro atoms. The molecule has 188 valence electrons. The summed E-state index contributed by atoms with van der Waals surface area (Å²) in [5.41, 5.74) is 3.61. The average Bonchev–Trinajstić information content (AvgIpc) is 3.21. The number of para-hydroxylation sites is 1. The molecule has 0 aliphatic carbocycles. The van der Waals surface area contributed by atoms with Gasteiger partial charge in [0.25, 0.3) is 0 Å². The molecule has 2 atom stereocenters. The monoisotopic (exact) mass is 492 g/mol. The standard InChI is InChI=1S/C32H32N2O3/c1-22(24-15-16-26-20-28(36-4)18-17-25(26)19-24)31(35)37-21-29-32(2,3)30(23-11-7-5-8-12-23)33-34(29)27-13-9-6-10-14-27/h5-20,22,29H,21H2,1-4H3/t22-,29?/m1/s1. The lowest BCUT2D eigenvalue weighted by molar-refractivity contribution is -0.146. The van der Waals surface area contributed by atoms with Crippen LogP contribution in [0.25, 0.3) is 10.8 Å². The summed E-state index contributed by atoms with van der Waals surface area (Å²) >= 11 is 0. The zero-order chi connectivity index (χ0) is 26.0. The Balaban J connectivity index is 1.37. The summed E-state index contributed by atoms with van der Waals surface area (Å²) in [6.07, 6.45) is 0. The largest absolute Gasteiger partial charge is 0.497 e. The summed E-state index contributed by atoms with van der Waals surface area (Å²) in [6.45, 7) is 6.46. The summed E-state index contributed by atoms with van der Waals surface area (Å²) in [4.78, 5) is 13.2. The van der Waals surface area contributed by atoms with Crippen molar-refractivity contribution in [3.63, 3.8) is 0 Å². The number of carbonyl (C=O) groups is 1. The van der Waals surface area contributed by atoms with Crippen LogP contribution in [0.3, 0.4) is 0 Å². The summed E-state index contributed by atoms with van der Waals surface area (Å²) in [5.74, 6) is 0.174. The van der Waals surface area contributed by atoms with Crippen LogP contribution < -0.4 is 9.75 Å². The zero-order valence-corrected chi connectivity index (χ0v) is 21.7. The quantitative estimate of drug-likeness (QED) is 0.266. The Morgan fingerprint density at radius 2 is 1.57 bits per heavy atom. The van der Waals surface area contributed by atoms with Crippen molar-refractivity contribution in [2.24, 2.45) is 10.5 Å². The van der Waals surface area contributed by atoms with Crippen LogP contribution >= 0.6 is 0 Å². The minimum Gasteiger partial charge on any atom is -0.497 e. The molecular formula is C32H32N2O3. The first-order chi connectivity index (χ1) is 17.9. The Labute approximate surface area is 218 Å². The summed E-state index contributed by atoms with van der Waals surface area (Å²) in [7, 11) is 1.66. The van der Waals surface area contributed by atoms with Gasteiger partial charge in [0.05, 0.1) is 30.5 Å². The van der Waals surface area contributed by atoms with Crippen LogP contribution in [-0.4, -0.2) is 31.4 Å². The predicted molar refractivity (Wildman–Crippen MR) is 149 cm³/mol. The van der Waals surface area contributed by atoms with Gasteiger partial charge in [-0.05, 0) is 53.1 Å². The van der Waals surface area contributed by atoms with Gasteiger partial charge in [-0.2, -0.15) is 5.10 Å². The minimum atomic E-state index is -0.393. The second kappa shape index (κ2) is 10.1. The SMILES string of the molecule is COc1ccc2cc([C@@H](C)C(=O)OCC3N(c4ccccc4)N=C(c4ccccc4)C3(C)C)ccc2c1. The maximum atomic E-state index is 13.2. The fourth-order valence-corrected chi connectivity index (χ4v) is 4.95. The van der Waals surface area contributed by atoms with E-state index in [9.17, 15) is 4.79 Å². The van der Waals surface area contributed by atoms with Crippen molar-refractivity contribution in [2.75, 3.05) is 18.7 Å². The van der Waals surface area contributed by atoms with E-state index in [1.165, 1.54) is 0 Å². The molecule has 1 unspecified atom stereocenters. The fourth-order valence-electron chi connectivity index (χ4n) is 4.95. The Hall–Kier alpha value is -4.12. The number of benzene rings is 4. The molecule has 37 heavy (non-hydrogen) atoms. The van der Waals surface area contributed by atoms with Crippen molar-refractivity contribution in [1.29, 1.82) is 0 Å². The van der Waals surface area contributed by atoms with Crippen molar-refractivity contribution in [3.8, 4) is 5.75 Å². The van der Waals surface area contributed by atoms with E-state index in [1.807, 2.05) is 96.9 Å². The number of anilines is 1.